The lowest BCUT2D eigenvalue weighted by Crippen LogP contribution is -2.18. The van der Waals surface area contributed by atoms with Crippen molar-refractivity contribution in [3.8, 4) is 0 Å². The first-order chi connectivity index (χ1) is 9.06. The second kappa shape index (κ2) is 6.31. The Morgan fingerprint density at radius 1 is 1.05 bits per heavy atom. The molecule has 0 fully saturated rings. The third-order valence-electron chi connectivity index (χ3n) is 3.03. The zero-order valence-corrected chi connectivity index (χ0v) is 12.6. The highest BCUT2D eigenvalue weighted by Crippen LogP contribution is 2.29. The van der Waals surface area contributed by atoms with Crippen LogP contribution in [0.5, 0.6) is 0 Å². The summed E-state index contributed by atoms with van der Waals surface area (Å²) < 4.78 is 0. The van der Waals surface area contributed by atoms with Crippen LogP contribution in [0.2, 0.25) is 10.0 Å². The van der Waals surface area contributed by atoms with Crippen molar-refractivity contribution in [2.75, 3.05) is 5.32 Å². The van der Waals surface area contributed by atoms with Crippen LogP contribution in [0.4, 0.5) is 5.69 Å². The second-order valence-electron chi connectivity index (χ2n) is 4.82. The van der Waals surface area contributed by atoms with Crippen LogP contribution in [0, 0.1) is 6.92 Å². The summed E-state index contributed by atoms with van der Waals surface area (Å²) in [5.74, 6) is 0. The molecule has 0 aliphatic heterocycles. The molecule has 1 unspecified atom stereocenters. The van der Waals surface area contributed by atoms with Crippen LogP contribution in [0.15, 0.2) is 42.5 Å². The van der Waals surface area contributed by atoms with Gasteiger partial charge >= 0.3 is 0 Å². The van der Waals surface area contributed by atoms with Gasteiger partial charge in [-0.1, -0.05) is 53.5 Å². The van der Waals surface area contributed by atoms with E-state index in [0.29, 0.717) is 11.1 Å². The average Bonchev–Trinajstić information content (AvgIpc) is 2.37. The van der Waals surface area contributed by atoms with Crippen molar-refractivity contribution in [3.63, 3.8) is 0 Å². The smallest absolute Gasteiger partial charge is 0.0641 e. The van der Waals surface area contributed by atoms with Crippen molar-refractivity contribution in [1.29, 1.82) is 0 Å². The molecule has 0 heterocycles. The predicted octanol–water partition coefficient (Wildman–Crippen LogP) is 5.34. The van der Waals surface area contributed by atoms with Gasteiger partial charge in [0, 0.05) is 11.1 Å². The van der Waals surface area contributed by atoms with E-state index in [-0.39, 0.29) is 0 Å². The lowest BCUT2D eigenvalue weighted by molar-refractivity contribution is 0.790. The highest BCUT2D eigenvalue weighted by Gasteiger charge is 2.08. The molecule has 0 aliphatic carbocycles. The fraction of sp³-hybridized carbons (Fsp3) is 0.250. The zero-order valence-electron chi connectivity index (χ0n) is 11.1. The molecule has 19 heavy (non-hydrogen) atoms. The molecule has 0 saturated carbocycles. The molecule has 3 heteroatoms. The Morgan fingerprint density at radius 2 is 1.74 bits per heavy atom. The summed E-state index contributed by atoms with van der Waals surface area (Å²) in [6, 6.07) is 14.5. The average molecular weight is 294 g/mol. The molecule has 0 spiro atoms. The SMILES string of the molecule is Cc1cc(Cl)c(NC(C)Cc2ccccc2)cc1Cl. The van der Waals surface area contributed by atoms with E-state index in [9.17, 15) is 0 Å². The van der Waals surface area contributed by atoms with E-state index in [1.807, 2.05) is 25.1 Å². The maximum Gasteiger partial charge on any atom is 0.0641 e. The van der Waals surface area contributed by atoms with Crippen LogP contribution >= 0.6 is 23.2 Å². The molecule has 0 aromatic heterocycles. The first kappa shape index (κ1) is 14.2. The van der Waals surface area contributed by atoms with Crippen molar-refractivity contribution in [1.82, 2.24) is 0 Å². The summed E-state index contributed by atoms with van der Waals surface area (Å²) in [6.07, 6.45) is 0.947. The summed E-state index contributed by atoms with van der Waals surface area (Å²) >= 11 is 12.4. The van der Waals surface area contributed by atoms with Gasteiger partial charge in [-0.05, 0) is 43.5 Å². The van der Waals surface area contributed by atoms with Crippen LogP contribution in [0.3, 0.4) is 0 Å². The number of aryl methyl sites for hydroxylation is 1. The number of anilines is 1. The maximum atomic E-state index is 6.23. The normalized spacial score (nSPS) is 12.2. The minimum atomic E-state index is 0.290. The maximum absolute atomic E-state index is 6.23. The molecule has 1 nitrogen and oxygen atoms in total. The highest BCUT2D eigenvalue weighted by atomic mass is 35.5. The van der Waals surface area contributed by atoms with Gasteiger partial charge < -0.3 is 5.32 Å². The Hall–Kier alpha value is -1.18. The molecule has 1 N–H and O–H groups in total. The highest BCUT2D eigenvalue weighted by molar-refractivity contribution is 6.35. The predicted molar refractivity (Wildman–Crippen MR) is 84.4 cm³/mol. The molecular formula is C16H17Cl2N. The van der Waals surface area contributed by atoms with E-state index in [1.54, 1.807) is 0 Å². The third kappa shape index (κ3) is 3.89. The summed E-state index contributed by atoms with van der Waals surface area (Å²) in [7, 11) is 0. The minimum Gasteiger partial charge on any atom is -0.381 e. The van der Waals surface area contributed by atoms with Crippen molar-refractivity contribution in [2.24, 2.45) is 0 Å². The van der Waals surface area contributed by atoms with E-state index >= 15 is 0 Å². The number of rotatable bonds is 4. The molecule has 1 atom stereocenters. The summed E-state index contributed by atoms with van der Waals surface area (Å²) in [5.41, 5.74) is 3.19. The molecule has 0 saturated heterocycles. The minimum absolute atomic E-state index is 0.290. The van der Waals surface area contributed by atoms with E-state index < -0.39 is 0 Å². The third-order valence-corrected chi connectivity index (χ3v) is 3.75. The van der Waals surface area contributed by atoms with Gasteiger partial charge in [0.25, 0.3) is 0 Å². The molecule has 0 amide bonds. The molecule has 2 aromatic carbocycles. The van der Waals surface area contributed by atoms with E-state index in [1.165, 1.54) is 5.56 Å². The Morgan fingerprint density at radius 3 is 2.42 bits per heavy atom. The monoisotopic (exact) mass is 293 g/mol. The van der Waals surface area contributed by atoms with Gasteiger partial charge in [0.05, 0.1) is 10.7 Å². The van der Waals surface area contributed by atoms with Crippen LogP contribution in [-0.2, 0) is 6.42 Å². The van der Waals surface area contributed by atoms with Gasteiger partial charge in [0.2, 0.25) is 0 Å². The standard InChI is InChI=1S/C16H17Cl2N/c1-11-8-15(18)16(10-14(11)17)19-12(2)9-13-6-4-3-5-7-13/h3-8,10,12,19H,9H2,1-2H3. The molecule has 0 aliphatic rings. The van der Waals surface area contributed by atoms with Crippen LogP contribution < -0.4 is 5.32 Å². The van der Waals surface area contributed by atoms with Gasteiger partial charge in [0.15, 0.2) is 0 Å². The Labute approximate surface area is 124 Å². The number of hydrogen-bond acceptors (Lipinski definition) is 1. The first-order valence-electron chi connectivity index (χ1n) is 6.32. The Balaban J connectivity index is 2.07. The van der Waals surface area contributed by atoms with Gasteiger partial charge in [-0.3, -0.25) is 0 Å². The van der Waals surface area contributed by atoms with Crippen LogP contribution in [-0.4, -0.2) is 6.04 Å². The largest absolute Gasteiger partial charge is 0.381 e. The molecule has 2 rings (SSSR count). The van der Waals surface area contributed by atoms with Gasteiger partial charge in [-0.25, -0.2) is 0 Å². The van der Waals surface area contributed by atoms with Crippen molar-refractivity contribution < 1.29 is 0 Å². The topological polar surface area (TPSA) is 12.0 Å². The number of hydrogen-bond donors (Lipinski definition) is 1. The molecule has 2 aromatic rings. The quantitative estimate of drug-likeness (QED) is 0.802. The number of nitrogens with one attached hydrogen (secondary N) is 1. The van der Waals surface area contributed by atoms with Gasteiger partial charge in [-0.2, -0.15) is 0 Å². The Bertz CT molecular complexity index is 552. The fourth-order valence-corrected chi connectivity index (χ4v) is 2.48. The summed E-state index contributed by atoms with van der Waals surface area (Å²) in [6.45, 7) is 4.09. The fourth-order valence-electron chi connectivity index (χ4n) is 2.04. The van der Waals surface area contributed by atoms with Crippen molar-refractivity contribution >= 4 is 28.9 Å². The zero-order chi connectivity index (χ0) is 13.8. The first-order valence-corrected chi connectivity index (χ1v) is 7.08. The van der Waals surface area contributed by atoms with E-state index in [2.05, 4.69) is 36.5 Å². The number of benzene rings is 2. The Kier molecular flexibility index (Phi) is 4.73. The number of halogens is 2. The van der Waals surface area contributed by atoms with E-state index in [4.69, 9.17) is 23.2 Å². The van der Waals surface area contributed by atoms with Crippen LogP contribution in [0.1, 0.15) is 18.1 Å². The van der Waals surface area contributed by atoms with E-state index in [0.717, 1.165) is 22.7 Å². The molecule has 0 radical (unpaired) electrons. The second-order valence-corrected chi connectivity index (χ2v) is 5.63. The molecule has 0 bridgehead atoms. The van der Waals surface area contributed by atoms with Gasteiger partial charge in [-0.15, -0.1) is 0 Å². The summed E-state index contributed by atoms with van der Waals surface area (Å²) in [4.78, 5) is 0. The van der Waals surface area contributed by atoms with Crippen molar-refractivity contribution in [2.45, 2.75) is 26.3 Å². The lowest BCUT2D eigenvalue weighted by Gasteiger charge is -2.17. The van der Waals surface area contributed by atoms with Crippen molar-refractivity contribution in [3.05, 3.63) is 63.6 Å². The lowest BCUT2D eigenvalue weighted by atomic mass is 10.1. The molecular weight excluding hydrogens is 277 g/mol. The summed E-state index contributed by atoms with van der Waals surface area (Å²) in [5, 5.41) is 4.86. The van der Waals surface area contributed by atoms with Crippen LogP contribution in [0.25, 0.3) is 0 Å². The molecule has 100 valence electrons. The van der Waals surface area contributed by atoms with Gasteiger partial charge in [0.1, 0.15) is 0 Å².